The van der Waals surface area contributed by atoms with Gasteiger partial charge in [-0.05, 0) is 54.8 Å². The van der Waals surface area contributed by atoms with Crippen LogP contribution >= 0.6 is 0 Å². The summed E-state index contributed by atoms with van der Waals surface area (Å²) in [6, 6.07) is 21.2. The largest absolute Gasteiger partial charge is 0.326 e. The first-order valence-electron chi connectivity index (χ1n) is 13.9. The number of carbonyl (C=O) groups is 3. The second-order valence-corrected chi connectivity index (χ2v) is 11.5. The summed E-state index contributed by atoms with van der Waals surface area (Å²) in [6.07, 6.45) is 0.664. The highest BCUT2D eigenvalue weighted by atomic mass is 16.2. The standard InChI is InChI=1S/C32H29N5O4/c1-17(2)16-24-26-27(30(41)36(29(26)40)20-14-12-19(13-15-20)33-18(3)38)32(35-24)22-9-5-7-11-25(22)37-28(39)21-8-4-6-10-23(21)34-31(32)37/h4-15,17,24,26-27,35H,16H2,1-3H3,(H,33,38)/t24-,26+,27+,32-/m0/s1. The van der Waals surface area contributed by atoms with Crippen molar-refractivity contribution < 1.29 is 14.4 Å². The Kier molecular flexibility index (Phi) is 5.53. The van der Waals surface area contributed by atoms with Crippen LogP contribution in [0.1, 0.15) is 38.6 Å². The SMILES string of the molecule is CC(=O)Nc1ccc(N2C(=O)[C@@H]3[C@H](CC(C)C)N[C@@]4(c5ccccc5-n5c4nc4ccccc4c5=O)[C@H]3C2=O)cc1. The van der Waals surface area contributed by atoms with Gasteiger partial charge in [-0.15, -0.1) is 0 Å². The summed E-state index contributed by atoms with van der Waals surface area (Å²) in [5, 5.41) is 6.94. The van der Waals surface area contributed by atoms with Crippen LogP contribution < -0.4 is 21.1 Å². The minimum absolute atomic E-state index is 0.206. The zero-order valence-corrected chi connectivity index (χ0v) is 22.9. The second kappa shape index (κ2) is 8.94. The van der Waals surface area contributed by atoms with Gasteiger partial charge in [-0.25, -0.2) is 9.88 Å². The van der Waals surface area contributed by atoms with Gasteiger partial charge in [0.05, 0.1) is 34.1 Å². The quantitative estimate of drug-likeness (QED) is 0.377. The van der Waals surface area contributed by atoms with Crippen LogP contribution in [0.2, 0.25) is 0 Å². The zero-order chi connectivity index (χ0) is 28.6. The van der Waals surface area contributed by atoms with E-state index in [1.165, 1.54) is 11.8 Å². The van der Waals surface area contributed by atoms with Crippen LogP contribution in [0, 0.1) is 17.8 Å². The Morgan fingerprint density at radius 1 is 0.976 bits per heavy atom. The maximum absolute atomic E-state index is 14.5. The average Bonchev–Trinajstić information content (AvgIpc) is 3.52. The van der Waals surface area contributed by atoms with E-state index < -0.39 is 17.4 Å². The number of imide groups is 1. The summed E-state index contributed by atoms with van der Waals surface area (Å²) >= 11 is 0. The highest BCUT2D eigenvalue weighted by Crippen LogP contribution is 2.56. The molecule has 0 saturated carbocycles. The Morgan fingerprint density at radius 3 is 2.41 bits per heavy atom. The van der Waals surface area contributed by atoms with Gasteiger partial charge in [-0.2, -0.15) is 0 Å². The van der Waals surface area contributed by atoms with E-state index in [9.17, 15) is 19.2 Å². The predicted molar refractivity (Wildman–Crippen MR) is 155 cm³/mol. The smallest absolute Gasteiger partial charge is 0.266 e. The van der Waals surface area contributed by atoms with Crippen molar-refractivity contribution in [2.24, 2.45) is 17.8 Å². The number of nitrogens with zero attached hydrogens (tertiary/aromatic N) is 3. The number of rotatable bonds is 4. The molecule has 2 fully saturated rings. The molecule has 0 bridgehead atoms. The van der Waals surface area contributed by atoms with Crippen LogP contribution in [0.3, 0.4) is 0 Å². The summed E-state index contributed by atoms with van der Waals surface area (Å²) < 4.78 is 1.61. The number of nitrogens with one attached hydrogen (secondary N) is 2. The number of carbonyl (C=O) groups excluding carboxylic acids is 3. The van der Waals surface area contributed by atoms with Crippen molar-refractivity contribution in [1.29, 1.82) is 0 Å². The number of aromatic nitrogens is 2. The molecule has 41 heavy (non-hydrogen) atoms. The van der Waals surface area contributed by atoms with Gasteiger partial charge in [0.2, 0.25) is 17.7 Å². The van der Waals surface area contributed by atoms with Gasteiger partial charge in [0, 0.05) is 24.2 Å². The molecule has 3 aliphatic heterocycles. The van der Waals surface area contributed by atoms with Crippen LogP contribution in [0.5, 0.6) is 0 Å². The molecule has 4 heterocycles. The molecule has 3 aliphatic rings. The molecule has 3 aromatic carbocycles. The van der Waals surface area contributed by atoms with E-state index in [2.05, 4.69) is 24.5 Å². The molecule has 1 spiro atoms. The van der Waals surface area contributed by atoms with Crippen molar-refractivity contribution in [2.75, 3.05) is 10.2 Å². The van der Waals surface area contributed by atoms with Crippen LogP contribution in [0.15, 0.2) is 77.6 Å². The van der Waals surface area contributed by atoms with Crippen molar-refractivity contribution in [2.45, 2.75) is 38.8 Å². The van der Waals surface area contributed by atoms with Crippen LogP contribution in [-0.4, -0.2) is 33.3 Å². The predicted octanol–water partition coefficient (Wildman–Crippen LogP) is 3.72. The molecular weight excluding hydrogens is 518 g/mol. The molecule has 9 nitrogen and oxygen atoms in total. The van der Waals surface area contributed by atoms with Gasteiger partial charge in [0.15, 0.2) is 0 Å². The number of amides is 3. The number of para-hydroxylation sites is 2. The van der Waals surface area contributed by atoms with Gasteiger partial charge in [-0.3, -0.25) is 29.1 Å². The minimum Gasteiger partial charge on any atom is -0.326 e. The van der Waals surface area contributed by atoms with E-state index >= 15 is 0 Å². The third kappa shape index (κ3) is 3.48. The van der Waals surface area contributed by atoms with E-state index in [4.69, 9.17) is 4.98 Å². The molecule has 206 valence electrons. The Hall–Kier alpha value is -4.63. The molecule has 2 saturated heterocycles. The average molecular weight is 548 g/mol. The first kappa shape index (κ1) is 25.3. The van der Waals surface area contributed by atoms with Gasteiger partial charge >= 0.3 is 0 Å². The monoisotopic (exact) mass is 547 g/mol. The highest BCUT2D eigenvalue weighted by molar-refractivity contribution is 6.23. The lowest BCUT2D eigenvalue weighted by atomic mass is 9.75. The summed E-state index contributed by atoms with van der Waals surface area (Å²) in [4.78, 5) is 60.4. The summed E-state index contributed by atoms with van der Waals surface area (Å²) in [5.41, 5.74) is 1.63. The van der Waals surface area contributed by atoms with Crippen LogP contribution in [0.25, 0.3) is 16.6 Å². The fraction of sp³-hybridized carbons (Fsp3) is 0.281. The Bertz CT molecular complexity index is 1830. The third-order valence-corrected chi connectivity index (χ3v) is 8.53. The van der Waals surface area contributed by atoms with E-state index in [1.807, 2.05) is 36.4 Å². The molecule has 2 N–H and O–H groups in total. The Balaban J connectivity index is 1.45. The number of hydrogen-bond acceptors (Lipinski definition) is 6. The third-order valence-electron chi connectivity index (χ3n) is 8.53. The molecule has 0 aliphatic carbocycles. The van der Waals surface area contributed by atoms with Crippen molar-refractivity contribution in [1.82, 2.24) is 14.9 Å². The molecule has 1 aromatic heterocycles. The lowest BCUT2D eigenvalue weighted by Gasteiger charge is -2.32. The number of fused-ring (bicyclic) bond motifs is 8. The number of hydrogen-bond donors (Lipinski definition) is 2. The summed E-state index contributed by atoms with van der Waals surface area (Å²) in [7, 11) is 0. The first-order valence-corrected chi connectivity index (χ1v) is 13.9. The molecule has 0 radical (unpaired) electrons. The van der Waals surface area contributed by atoms with Crippen molar-refractivity contribution in [3.05, 3.63) is 94.5 Å². The normalized spacial score (nSPS) is 24.3. The molecule has 4 atom stereocenters. The van der Waals surface area contributed by atoms with Gasteiger partial charge in [-0.1, -0.05) is 44.2 Å². The Morgan fingerprint density at radius 2 is 1.68 bits per heavy atom. The van der Waals surface area contributed by atoms with Gasteiger partial charge in [0.25, 0.3) is 5.56 Å². The highest BCUT2D eigenvalue weighted by Gasteiger charge is 2.69. The van der Waals surface area contributed by atoms with Crippen LogP contribution in [0.4, 0.5) is 11.4 Å². The fourth-order valence-corrected chi connectivity index (χ4v) is 7.08. The lowest BCUT2D eigenvalue weighted by molar-refractivity contribution is -0.123. The second-order valence-electron chi connectivity index (χ2n) is 11.5. The number of benzene rings is 3. The molecule has 0 unspecified atom stereocenters. The molecule has 9 heteroatoms. The lowest BCUT2D eigenvalue weighted by Crippen LogP contribution is -2.50. The molecule has 4 aromatic rings. The summed E-state index contributed by atoms with van der Waals surface area (Å²) in [6.45, 7) is 5.60. The fourth-order valence-electron chi connectivity index (χ4n) is 7.08. The molecule has 7 rings (SSSR count). The van der Waals surface area contributed by atoms with E-state index in [-0.39, 0.29) is 35.2 Å². The molecular formula is C32H29N5O4. The molecule has 3 amide bonds. The zero-order valence-electron chi connectivity index (χ0n) is 22.9. The first-order chi connectivity index (χ1) is 19.7. The number of anilines is 2. The maximum Gasteiger partial charge on any atom is 0.266 e. The van der Waals surface area contributed by atoms with E-state index in [0.29, 0.717) is 40.2 Å². The maximum atomic E-state index is 14.5. The topological polar surface area (TPSA) is 113 Å². The Labute approximate surface area is 236 Å². The van der Waals surface area contributed by atoms with Gasteiger partial charge in [0.1, 0.15) is 11.4 Å². The minimum atomic E-state index is -1.17. The van der Waals surface area contributed by atoms with Crippen LogP contribution in [-0.2, 0) is 19.9 Å². The van der Waals surface area contributed by atoms with Crippen molar-refractivity contribution >= 4 is 40.0 Å². The van der Waals surface area contributed by atoms with E-state index in [1.54, 1.807) is 41.0 Å². The van der Waals surface area contributed by atoms with Crippen molar-refractivity contribution in [3.8, 4) is 5.69 Å². The van der Waals surface area contributed by atoms with E-state index in [0.717, 1.165) is 5.56 Å². The van der Waals surface area contributed by atoms with Crippen molar-refractivity contribution in [3.63, 3.8) is 0 Å². The van der Waals surface area contributed by atoms with Gasteiger partial charge < -0.3 is 5.32 Å². The summed E-state index contributed by atoms with van der Waals surface area (Å²) in [5.74, 6) is -1.59.